The number of hydrogen-bond donors (Lipinski definition) is 2. The predicted octanol–water partition coefficient (Wildman–Crippen LogP) is 3.63. The Kier molecular flexibility index (Phi) is 6.66. The quantitative estimate of drug-likeness (QED) is 0.764. The second kappa shape index (κ2) is 9.37. The minimum Gasteiger partial charge on any atom is -0.497 e. The van der Waals surface area contributed by atoms with E-state index in [9.17, 15) is 9.59 Å². The number of aliphatic carboxylic acids is 1. The molecule has 0 bridgehead atoms. The number of ether oxygens (including phenoxy) is 1. The highest BCUT2D eigenvalue weighted by atomic mass is 16.5. The lowest BCUT2D eigenvalue weighted by Crippen LogP contribution is -2.47. The molecule has 1 heterocycles. The number of rotatable bonds is 7. The first-order valence-electron chi connectivity index (χ1n) is 9.58. The van der Waals surface area contributed by atoms with Crippen LogP contribution in [0.1, 0.15) is 25.7 Å². The van der Waals surface area contributed by atoms with Gasteiger partial charge in [-0.1, -0.05) is 30.7 Å². The number of likely N-dealkylation sites (tertiary alicyclic amines) is 1. The maximum absolute atomic E-state index is 12.9. The van der Waals surface area contributed by atoms with E-state index in [1.165, 1.54) is 0 Å². The number of piperidine rings is 1. The zero-order valence-corrected chi connectivity index (χ0v) is 16.1. The molecule has 2 N–H and O–H groups in total. The van der Waals surface area contributed by atoms with Crippen LogP contribution in [0.15, 0.2) is 48.5 Å². The van der Waals surface area contributed by atoms with E-state index in [-0.39, 0.29) is 18.4 Å². The van der Waals surface area contributed by atoms with E-state index in [0.717, 1.165) is 48.4 Å². The van der Waals surface area contributed by atoms with Gasteiger partial charge in [0.05, 0.1) is 19.6 Å². The largest absolute Gasteiger partial charge is 0.497 e. The maximum atomic E-state index is 12.9. The van der Waals surface area contributed by atoms with Crippen molar-refractivity contribution < 1.29 is 19.4 Å². The van der Waals surface area contributed by atoms with E-state index in [1.807, 2.05) is 53.4 Å². The van der Waals surface area contributed by atoms with Crippen LogP contribution in [0, 0.1) is 0 Å². The van der Waals surface area contributed by atoms with E-state index in [1.54, 1.807) is 7.11 Å². The minimum absolute atomic E-state index is 0.0507. The molecule has 2 aromatic rings. The summed E-state index contributed by atoms with van der Waals surface area (Å²) in [5.41, 5.74) is 2.73. The molecule has 0 aromatic heterocycles. The van der Waals surface area contributed by atoms with Crippen LogP contribution in [-0.2, 0) is 9.59 Å². The number of carboxylic acids is 1. The van der Waals surface area contributed by atoms with Gasteiger partial charge in [-0.15, -0.1) is 0 Å². The Morgan fingerprint density at radius 2 is 1.89 bits per heavy atom. The van der Waals surface area contributed by atoms with Crippen LogP contribution in [0.5, 0.6) is 5.75 Å². The Balaban J connectivity index is 1.71. The zero-order valence-electron chi connectivity index (χ0n) is 16.1. The zero-order chi connectivity index (χ0) is 19.9. The van der Waals surface area contributed by atoms with E-state index in [4.69, 9.17) is 9.84 Å². The third-order valence-electron chi connectivity index (χ3n) is 5.06. The van der Waals surface area contributed by atoms with Crippen molar-refractivity contribution in [1.82, 2.24) is 4.90 Å². The fraction of sp³-hybridized carbons (Fsp3) is 0.364. The Morgan fingerprint density at radius 3 is 2.64 bits per heavy atom. The molecule has 3 rings (SSSR count). The molecule has 148 valence electrons. The molecule has 2 aromatic carbocycles. The van der Waals surface area contributed by atoms with Crippen molar-refractivity contribution in [2.45, 2.75) is 31.7 Å². The first-order chi connectivity index (χ1) is 13.6. The average molecular weight is 382 g/mol. The van der Waals surface area contributed by atoms with Gasteiger partial charge in [0.2, 0.25) is 5.91 Å². The number of nitrogens with one attached hydrogen (secondary N) is 1. The summed E-state index contributed by atoms with van der Waals surface area (Å²) >= 11 is 0. The van der Waals surface area contributed by atoms with Crippen LogP contribution in [0.25, 0.3) is 11.1 Å². The molecule has 6 heteroatoms. The van der Waals surface area contributed by atoms with Crippen LogP contribution in [-0.4, -0.2) is 48.1 Å². The molecule has 6 nitrogen and oxygen atoms in total. The number of amides is 1. The SMILES string of the molecule is COc1cccc(-c2cccc(NC(=O)[C@@H]3CCCCN3CCC(=O)O)c2)c1. The lowest BCUT2D eigenvalue weighted by molar-refractivity contribution is -0.138. The average Bonchev–Trinajstić information content (AvgIpc) is 2.72. The molecule has 0 saturated carbocycles. The van der Waals surface area contributed by atoms with Crippen LogP contribution in [0.4, 0.5) is 5.69 Å². The number of anilines is 1. The van der Waals surface area contributed by atoms with Gasteiger partial charge in [-0.3, -0.25) is 14.5 Å². The number of carbonyl (C=O) groups is 2. The molecular weight excluding hydrogens is 356 g/mol. The summed E-state index contributed by atoms with van der Waals surface area (Å²) in [6, 6.07) is 15.2. The topological polar surface area (TPSA) is 78.9 Å². The lowest BCUT2D eigenvalue weighted by atomic mass is 10.0. The third-order valence-corrected chi connectivity index (χ3v) is 5.06. The molecular formula is C22H26N2O4. The summed E-state index contributed by atoms with van der Waals surface area (Å²) in [5.74, 6) is -0.133. The highest BCUT2D eigenvalue weighted by Crippen LogP contribution is 2.26. The first-order valence-corrected chi connectivity index (χ1v) is 9.58. The van der Waals surface area contributed by atoms with Crippen molar-refractivity contribution in [3.63, 3.8) is 0 Å². The number of methoxy groups -OCH3 is 1. The standard InChI is InChI=1S/C22H26N2O4/c1-28-19-9-5-7-17(15-19)16-6-4-8-18(14-16)23-22(27)20-10-2-3-12-24(20)13-11-21(25)26/h4-9,14-15,20H,2-3,10-13H2,1H3,(H,23,27)(H,25,26)/t20-/m0/s1. The molecule has 0 radical (unpaired) electrons. The van der Waals surface area contributed by atoms with Crippen LogP contribution >= 0.6 is 0 Å². The highest BCUT2D eigenvalue weighted by molar-refractivity contribution is 5.95. The second-order valence-corrected chi connectivity index (χ2v) is 6.99. The minimum atomic E-state index is -0.837. The van der Waals surface area contributed by atoms with Crippen molar-refractivity contribution in [3.05, 3.63) is 48.5 Å². The molecule has 1 fully saturated rings. The molecule has 28 heavy (non-hydrogen) atoms. The van der Waals surface area contributed by atoms with Crippen molar-refractivity contribution in [1.29, 1.82) is 0 Å². The van der Waals surface area contributed by atoms with Crippen LogP contribution in [0.3, 0.4) is 0 Å². The van der Waals surface area contributed by atoms with Gasteiger partial charge < -0.3 is 15.2 Å². The maximum Gasteiger partial charge on any atom is 0.304 e. The third kappa shape index (κ3) is 5.10. The molecule has 1 atom stereocenters. The lowest BCUT2D eigenvalue weighted by Gasteiger charge is -2.34. The van der Waals surface area contributed by atoms with Gasteiger partial charge in [-0.2, -0.15) is 0 Å². The Hall–Kier alpha value is -2.86. The van der Waals surface area contributed by atoms with E-state index in [0.29, 0.717) is 6.54 Å². The van der Waals surface area contributed by atoms with Crippen molar-refractivity contribution in [2.75, 3.05) is 25.5 Å². The monoisotopic (exact) mass is 382 g/mol. The Labute approximate surface area is 165 Å². The summed E-state index contributed by atoms with van der Waals surface area (Å²) in [6.07, 6.45) is 2.77. The van der Waals surface area contributed by atoms with Gasteiger partial charge in [-0.05, 0) is 54.8 Å². The van der Waals surface area contributed by atoms with Gasteiger partial charge in [0, 0.05) is 12.2 Å². The van der Waals surface area contributed by atoms with Crippen LogP contribution < -0.4 is 10.1 Å². The fourth-order valence-corrected chi connectivity index (χ4v) is 3.60. The van der Waals surface area contributed by atoms with E-state index in [2.05, 4.69) is 5.32 Å². The first kappa shape index (κ1) is 19.9. The second-order valence-electron chi connectivity index (χ2n) is 6.99. The summed E-state index contributed by atoms with van der Waals surface area (Å²) in [7, 11) is 1.63. The van der Waals surface area contributed by atoms with Crippen molar-refractivity contribution in [2.24, 2.45) is 0 Å². The molecule has 1 aliphatic heterocycles. The van der Waals surface area contributed by atoms with Gasteiger partial charge in [0.15, 0.2) is 0 Å². The van der Waals surface area contributed by atoms with Gasteiger partial charge in [0.1, 0.15) is 5.75 Å². The van der Waals surface area contributed by atoms with Crippen molar-refractivity contribution >= 4 is 17.6 Å². The normalized spacial score (nSPS) is 17.1. The molecule has 1 amide bonds. The molecule has 0 aliphatic carbocycles. The summed E-state index contributed by atoms with van der Waals surface area (Å²) in [5, 5.41) is 12.0. The van der Waals surface area contributed by atoms with Crippen molar-refractivity contribution in [3.8, 4) is 16.9 Å². The summed E-state index contributed by atoms with van der Waals surface area (Å²) < 4.78 is 5.29. The molecule has 0 spiro atoms. The van der Waals surface area contributed by atoms with Gasteiger partial charge in [-0.25, -0.2) is 0 Å². The van der Waals surface area contributed by atoms with Gasteiger partial charge in [0.25, 0.3) is 0 Å². The van der Waals surface area contributed by atoms with E-state index < -0.39 is 5.97 Å². The highest BCUT2D eigenvalue weighted by Gasteiger charge is 2.28. The predicted molar refractivity (Wildman–Crippen MR) is 109 cm³/mol. The fourth-order valence-electron chi connectivity index (χ4n) is 3.60. The number of carbonyl (C=O) groups excluding carboxylic acids is 1. The summed E-state index contributed by atoms with van der Waals surface area (Å²) in [6.45, 7) is 1.16. The van der Waals surface area contributed by atoms with Crippen LogP contribution in [0.2, 0.25) is 0 Å². The smallest absolute Gasteiger partial charge is 0.304 e. The molecule has 0 unspecified atom stereocenters. The molecule has 1 aliphatic rings. The van der Waals surface area contributed by atoms with Gasteiger partial charge >= 0.3 is 5.97 Å². The number of hydrogen-bond acceptors (Lipinski definition) is 4. The van der Waals surface area contributed by atoms with E-state index >= 15 is 0 Å². The Morgan fingerprint density at radius 1 is 1.14 bits per heavy atom. The molecule has 1 saturated heterocycles. The summed E-state index contributed by atoms with van der Waals surface area (Å²) in [4.78, 5) is 25.7. The number of carboxylic acid groups (broad SMARTS) is 1. The Bertz CT molecular complexity index is 837. The number of benzene rings is 2. The number of nitrogens with zero attached hydrogens (tertiary/aromatic N) is 1.